The van der Waals surface area contributed by atoms with E-state index in [1.54, 1.807) is 0 Å². The molecule has 0 atom stereocenters. The molecule has 0 aliphatic heterocycles. The Balaban J connectivity index is 3.39. The molecule has 0 aromatic heterocycles. The van der Waals surface area contributed by atoms with Gasteiger partial charge >= 0.3 is 0 Å². The minimum atomic E-state index is -1.19. The molecule has 0 amide bonds. The van der Waals surface area contributed by atoms with Crippen LogP contribution in [0.25, 0.3) is 0 Å². The summed E-state index contributed by atoms with van der Waals surface area (Å²) in [4.78, 5) is 0. The van der Waals surface area contributed by atoms with E-state index in [9.17, 15) is 0 Å². The molecule has 0 saturated carbocycles. The van der Waals surface area contributed by atoms with Crippen LogP contribution in [-0.2, 0) is 0 Å². The Morgan fingerprint density at radius 2 is 1.62 bits per heavy atom. The average Bonchev–Trinajstić information content (AvgIpc) is 1.21. The smallest absolute Gasteiger partial charge is 0.202 e. The fourth-order valence-corrected chi connectivity index (χ4v) is 0.490. The summed E-state index contributed by atoms with van der Waals surface area (Å²) in [6, 6.07) is 0. The highest BCUT2D eigenvalue weighted by Gasteiger charge is 2.10. The molecule has 0 heterocycles. The highest BCUT2D eigenvalue weighted by molar-refractivity contribution is 4.28. The van der Waals surface area contributed by atoms with E-state index >= 15 is 0 Å². The van der Waals surface area contributed by atoms with Crippen LogP contribution in [0.3, 0.4) is 0 Å². The van der Waals surface area contributed by atoms with Gasteiger partial charge in [0.2, 0.25) is 6.29 Å². The van der Waals surface area contributed by atoms with Crippen LogP contribution in [0.5, 0.6) is 0 Å². The first kappa shape index (κ1) is 7.88. The van der Waals surface area contributed by atoms with Gasteiger partial charge in [0.25, 0.3) is 0 Å². The van der Waals surface area contributed by atoms with Gasteiger partial charge < -0.3 is 14.7 Å². The number of likely N-dealkylation sites (N-methyl/N-ethyl adjacent to an activating group) is 1. The zero-order chi connectivity index (χ0) is 6.78. The first-order valence-corrected chi connectivity index (χ1v) is 2.58. The van der Waals surface area contributed by atoms with Crippen molar-refractivity contribution in [2.45, 2.75) is 6.29 Å². The van der Waals surface area contributed by atoms with Crippen LogP contribution in [-0.4, -0.2) is 48.7 Å². The molecule has 0 unspecified atom stereocenters. The van der Waals surface area contributed by atoms with Crippen molar-refractivity contribution < 1.29 is 14.7 Å². The molecule has 3 heteroatoms. The van der Waals surface area contributed by atoms with Gasteiger partial charge in [-0.3, -0.25) is 0 Å². The maximum atomic E-state index is 8.43. The monoisotopic (exact) mass is 120 g/mol. The maximum absolute atomic E-state index is 8.43. The molecule has 0 aliphatic rings. The third-order valence-corrected chi connectivity index (χ3v) is 0.711. The van der Waals surface area contributed by atoms with E-state index in [-0.39, 0.29) is 0 Å². The first-order valence-electron chi connectivity index (χ1n) is 2.58. The van der Waals surface area contributed by atoms with Gasteiger partial charge in [0.05, 0.1) is 21.1 Å². The van der Waals surface area contributed by atoms with Crippen LogP contribution in [0, 0.1) is 0 Å². The summed E-state index contributed by atoms with van der Waals surface area (Å²) in [5, 5.41) is 16.9. The lowest BCUT2D eigenvalue weighted by atomic mass is 10.5. The SMILES string of the molecule is C[N+](C)(C)CC(O)O. The van der Waals surface area contributed by atoms with E-state index in [4.69, 9.17) is 10.2 Å². The zero-order valence-corrected chi connectivity index (χ0v) is 5.63. The van der Waals surface area contributed by atoms with Gasteiger partial charge in [-0.15, -0.1) is 0 Å². The molecule has 50 valence electrons. The van der Waals surface area contributed by atoms with Crippen molar-refractivity contribution in [2.75, 3.05) is 27.7 Å². The second-order valence-electron chi connectivity index (χ2n) is 2.95. The Bertz CT molecular complexity index is 65.3. The molecule has 0 aromatic carbocycles. The number of quaternary nitrogens is 1. The fourth-order valence-electron chi connectivity index (χ4n) is 0.490. The van der Waals surface area contributed by atoms with Crippen molar-refractivity contribution in [1.29, 1.82) is 0 Å². The molecule has 0 saturated heterocycles. The normalized spacial score (nSPS) is 12.8. The topological polar surface area (TPSA) is 40.5 Å². The van der Waals surface area contributed by atoms with Gasteiger partial charge in [-0.2, -0.15) is 0 Å². The minimum absolute atomic E-state index is 0.375. The molecule has 2 N–H and O–H groups in total. The van der Waals surface area contributed by atoms with Crippen molar-refractivity contribution in [1.82, 2.24) is 0 Å². The van der Waals surface area contributed by atoms with Crippen LogP contribution in [0.1, 0.15) is 0 Å². The van der Waals surface area contributed by atoms with Gasteiger partial charge in [-0.25, -0.2) is 0 Å². The van der Waals surface area contributed by atoms with Crippen molar-refractivity contribution in [2.24, 2.45) is 0 Å². The number of rotatable bonds is 2. The van der Waals surface area contributed by atoms with E-state index in [1.165, 1.54) is 0 Å². The fraction of sp³-hybridized carbons (Fsp3) is 1.00. The summed E-state index contributed by atoms with van der Waals surface area (Å²) in [7, 11) is 5.71. The van der Waals surface area contributed by atoms with Gasteiger partial charge in [-0.05, 0) is 0 Å². The van der Waals surface area contributed by atoms with E-state index in [0.29, 0.717) is 11.0 Å². The highest BCUT2D eigenvalue weighted by Crippen LogP contribution is 1.90. The molecule has 0 fully saturated rings. The Morgan fingerprint density at radius 3 is 1.62 bits per heavy atom. The lowest BCUT2D eigenvalue weighted by molar-refractivity contribution is -0.876. The van der Waals surface area contributed by atoms with Crippen molar-refractivity contribution in [3.05, 3.63) is 0 Å². The predicted octanol–water partition coefficient (Wildman–Crippen LogP) is -0.997. The van der Waals surface area contributed by atoms with Crippen molar-refractivity contribution >= 4 is 0 Å². The van der Waals surface area contributed by atoms with Crippen LogP contribution in [0.2, 0.25) is 0 Å². The molecular weight excluding hydrogens is 106 g/mol. The molecule has 0 spiro atoms. The van der Waals surface area contributed by atoms with Gasteiger partial charge in [-0.1, -0.05) is 0 Å². The first-order chi connectivity index (χ1) is 3.42. The van der Waals surface area contributed by atoms with E-state index in [1.807, 2.05) is 21.1 Å². The number of nitrogens with zero attached hydrogens (tertiary/aromatic N) is 1. The second-order valence-corrected chi connectivity index (χ2v) is 2.95. The summed E-state index contributed by atoms with van der Waals surface area (Å²) in [6.45, 7) is 0.375. The highest BCUT2D eigenvalue weighted by atomic mass is 16.5. The van der Waals surface area contributed by atoms with Crippen molar-refractivity contribution in [3.8, 4) is 0 Å². The zero-order valence-electron chi connectivity index (χ0n) is 5.63. The number of hydrogen-bond acceptors (Lipinski definition) is 2. The standard InChI is InChI=1S/C5H14NO2/c1-6(2,3)4-5(7)8/h5,7-8H,4H2,1-3H3/q+1. The van der Waals surface area contributed by atoms with Crippen LogP contribution >= 0.6 is 0 Å². The largest absolute Gasteiger partial charge is 0.364 e. The number of hydrogen-bond donors (Lipinski definition) is 2. The molecular formula is C5H14NO2+. The van der Waals surface area contributed by atoms with Crippen LogP contribution in [0.15, 0.2) is 0 Å². The summed E-state index contributed by atoms with van der Waals surface area (Å²) in [5.41, 5.74) is 0. The summed E-state index contributed by atoms with van der Waals surface area (Å²) >= 11 is 0. The quantitative estimate of drug-likeness (QED) is 0.362. The summed E-state index contributed by atoms with van der Waals surface area (Å²) in [5.74, 6) is 0. The van der Waals surface area contributed by atoms with Crippen LogP contribution < -0.4 is 0 Å². The van der Waals surface area contributed by atoms with Gasteiger partial charge in [0, 0.05) is 0 Å². The molecule has 0 bridgehead atoms. The van der Waals surface area contributed by atoms with Crippen molar-refractivity contribution in [3.63, 3.8) is 0 Å². The minimum Gasteiger partial charge on any atom is -0.364 e. The Kier molecular flexibility index (Phi) is 2.40. The molecule has 0 aromatic rings. The predicted molar refractivity (Wildman–Crippen MR) is 31.1 cm³/mol. The molecule has 0 aliphatic carbocycles. The number of aliphatic hydroxyl groups excluding tert-OH is 1. The lowest BCUT2D eigenvalue weighted by Crippen LogP contribution is -2.41. The Morgan fingerprint density at radius 1 is 1.25 bits per heavy atom. The summed E-state index contributed by atoms with van der Waals surface area (Å²) < 4.78 is 0.581. The number of aliphatic hydroxyl groups is 2. The van der Waals surface area contributed by atoms with Gasteiger partial charge in [0.1, 0.15) is 6.54 Å². The summed E-state index contributed by atoms with van der Waals surface area (Å²) in [6.07, 6.45) is -1.19. The van der Waals surface area contributed by atoms with E-state index in [0.717, 1.165) is 0 Å². The Hall–Kier alpha value is -0.120. The third-order valence-electron chi connectivity index (χ3n) is 0.711. The lowest BCUT2D eigenvalue weighted by Gasteiger charge is -2.24. The molecule has 8 heavy (non-hydrogen) atoms. The van der Waals surface area contributed by atoms with Crippen LogP contribution in [0.4, 0.5) is 0 Å². The second kappa shape index (κ2) is 2.44. The third kappa shape index (κ3) is 5.88. The molecule has 0 rings (SSSR count). The molecule has 0 radical (unpaired) electrons. The average molecular weight is 120 g/mol. The maximum Gasteiger partial charge on any atom is 0.202 e. The van der Waals surface area contributed by atoms with E-state index in [2.05, 4.69) is 0 Å². The van der Waals surface area contributed by atoms with Gasteiger partial charge in [0.15, 0.2) is 0 Å². The van der Waals surface area contributed by atoms with E-state index < -0.39 is 6.29 Å². The Labute approximate surface area is 49.8 Å². The molecule has 3 nitrogen and oxygen atoms in total.